The highest BCUT2D eigenvalue weighted by atomic mass is 15.1. The van der Waals surface area contributed by atoms with E-state index in [0.717, 1.165) is 35.0 Å². The van der Waals surface area contributed by atoms with Crippen molar-refractivity contribution in [3.8, 4) is 11.1 Å². The zero-order valence-electron chi connectivity index (χ0n) is 13.6. The maximum Gasteiger partial charge on any atom is 0.0705 e. The van der Waals surface area contributed by atoms with Crippen molar-refractivity contribution in [3.05, 3.63) is 71.0 Å². The van der Waals surface area contributed by atoms with E-state index >= 15 is 0 Å². The van der Waals surface area contributed by atoms with Gasteiger partial charge in [0.05, 0.1) is 5.52 Å². The number of aryl methyl sites for hydroxylation is 1. The quantitative estimate of drug-likeness (QED) is 0.357. The maximum absolute atomic E-state index is 8.37. The van der Waals surface area contributed by atoms with E-state index in [1.165, 1.54) is 5.56 Å². The Balaban J connectivity index is 1.76. The highest BCUT2D eigenvalue weighted by Gasteiger charge is 2.05. The SMILES string of the molecule is CC(CCc1ccc2cc(-c3ccncc3)ccc2n1)CN=[N+]=[N-]. The Hall–Kier alpha value is -2.91. The third kappa shape index (κ3) is 3.89. The molecule has 1 atom stereocenters. The van der Waals surface area contributed by atoms with Gasteiger partial charge in [0.25, 0.3) is 0 Å². The van der Waals surface area contributed by atoms with Gasteiger partial charge in [-0.25, -0.2) is 0 Å². The highest BCUT2D eigenvalue weighted by Crippen LogP contribution is 2.23. The third-order valence-electron chi connectivity index (χ3n) is 4.11. The number of fused-ring (bicyclic) bond motifs is 1. The van der Waals surface area contributed by atoms with Gasteiger partial charge in [-0.2, -0.15) is 0 Å². The summed E-state index contributed by atoms with van der Waals surface area (Å²) in [6.45, 7) is 2.64. The molecule has 0 amide bonds. The average Bonchev–Trinajstić information content (AvgIpc) is 2.64. The molecule has 2 aromatic heterocycles. The number of azide groups is 1. The number of nitrogens with zero attached hydrogens (tertiary/aromatic N) is 5. The molecule has 0 saturated heterocycles. The topological polar surface area (TPSA) is 74.5 Å². The van der Waals surface area contributed by atoms with E-state index < -0.39 is 0 Å². The van der Waals surface area contributed by atoms with Crippen LogP contribution in [0, 0.1) is 5.92 Å². The lowest BCUT2D eigenvalue weighted by Gasteiger charge is -2.09. The van der Waals surface area contributed by atoms with Crippen LogP contribution in [0.2, 0.25) is 0 Å². The van der Waals surface area contributed by atoms with Gasteiger partial charge in [-0.1, -0.05) is 24.2 Å². The molecule has 0 saturated carbocycles. The predicted octanol–water partition coefficient (Wildman–Crippen LogP) is 5.18. The lowest BCUT2D eigenvalue weighted by Crippen LogP contribution is -2.02. The summed E-state index contributed by atoms with van der Waals surface area (Å²) in [7, 11) is 0. The summed E-state index contributed by atoms with van der Waals surface area (Å²) in [5.41, 5.74) is 12.8. The molecule has 0 N–H and O–H groups in total. The molecule has 1 aromatic carbocycles. The van der Waals surface area contributed by atoms with Crippen LogP contribution in [0.25, 0.3) is 32.5 Å². The Labute approximate surface area is 141 Å². The molecule has 3 rings (SSSR count). The Morgan fingerprint density at radius 1 is 1.08 bits per heavy atom. The van der Waals surface area contributed by atoms with Crippen LogP contribution in [0.1, 0.15) is 19.0 Å². The van der Waals surface area contributed by atoms with Crippen molar-refractivity contribution in [3.63, 3.8) is 0 Å². The number of rotatable bonds is 6. The van der Waals surface area contributed by atoms with Crippen LogP contribution in [0.3, 0.4) is 0 Å². The van der Waals surface area contributed by atoms with Gasteiger partial charge in [-0.05, 0) is 65.7 Å². The molecular formula is C19H19N5. The summed E-state index contributed by atoms with van der Waals surface area (Å²) in [6, 6.07) is 14.5. The number of pyridine rings is 2. The molecule has 120 valence electrons. The van der Waals surface area contributed by atoms with Gasteiger partial charge in [0.1, 0.15) is 0 Å². The average molecular weight is 317 g/mol. The first-order chi connectivity index (χ1) is 11.8. The van der Waals surface area contributed by atoms with E-state index in [2.05, 4.69) is 52.3 Å². The minimum absolute atomic E-state index is 0.368. The van der Waals surface area contributed by atoms with Gasteiger partial charge in [0, 0.05) is 34.9 Å². The van der Waals surface area contributed by atoms with Crippen molar-refractivity contribution in [1.29, 1.82) is 0 Å². The molecule has 0 radical (unpaired) electrons. The van der Waals surface area contributed by atoms with Crippen LogP contribution < -0.4 is 0 Å². The molecule has 0 spiro atoms. The zero-order valence-corrected chi connectivity index (χ0v) is 13.6. The van der Waals surface area contributed by atoms with Crippen LogP contribution in [0.5, 0.6) is 0 Å². The first-order valence-corrected chi connectivity index (χ1v) is 8.07. The summed E-state index contributed by atoms with van der Waals surface area (Å²) in [4.78, 5) is 11.6. The largest absolute Gasteiger partial charge is 0.265 e. The van der Waals surface area contributed by atoms with Gasteiger partial charge in [0.15, 0.2) is 0 Å². The summed E-state index contributed by atoms with van der Waals surface area (Å²) in [5, 5.41) is 4.76. The van der Waals surface area contributed by atoms with Gasteiger partial charge in [-0.3, -0.25) is 9.97 Å². The van der Waals surface area contributed by atoms with Crippen molar-refractivity contribution in [2.24, 2.45) is 11.0 Å². The predicted molar refractivity (Wildman–Crippen MR) is 96.5 cm³/mol. The molecule has 2 heterocycles. The van der Waals surface area contributed by atoms with Crippen molar-refractivity contribution in [1.82, 2.24) is 9.97 Å². The molecule has 0 aliphatic carbocycles. The summed E-state index contributed by atoms with van der Waals surface area (Å²) in [6.07, 6.45) is 5.47. The molecule has 0 bridgehead atoms. The monoisotopic (exact) mass is 317 g/mol. The fourth-order valence-electron chi connectivity index (χ4n) is 2.69. The minimum Gasteiger partial charge on any atom is -0.265 e. The van der Waals surface area contributed by atoms with Crippen LogP contribution in [-0.4, -0.2) is 16.5 Å². The fraction of sp³-hybridized carbons (Fsp3) is 0.263. The summed E-state index contributed by atoms with van der Waals surface area (Å²) < 4.78 is 0. The van der Waals surface area contributed by atoms with Crippen LogP contribution in [0.15, 0.2) is 60.0 Å². The first-order valence-electron chi connectivity index (χ1n) is 8.07. The summed E-state index contributed by atoms with van der Waals surface area (Å²) >= 11 is 0. The van der Waals surface area contributed by atoms with E-state index in [1.807, 2.05) is 12.1 Å². The highest BCUT2D eigenvalue weighted by molar-refractivity contribution is 5.84. The molecular weight excluding hydrogens is 298 g/mol. The molecule has 0 aliphatic rings. The van der Waals surface area contributed by atoms with Gasteiger partial charge < -0.3 is 0 Å². The van der Waals surface area contributed by atoms with Crippen LogP contribution >= 0.6 is 0 Å². The van der Waals surface area contributed by atoms with Crippen molar-refractivity contribution in [2.75, 3.05) is 6.54 Å². The minimum atomic E-state index is 0.368. The fourth-order valence-corrected chi connectivity index (χ4v) is 2.69. The van der Waals surface area contributed by atoms with E-state index in [4.69, 9.17) is 10.5 Å². The first kappa shape index (κ1) is 16.0. The maximum atomic E-state index is 8.37. The molecule has 0 fully saturated rings. The normalized spacial score (nSPS) is 11.9. The molecule has 24 heavy (non-hydrogen) atoms. The number of benzene rings is 1. The van der Waals surface area contributed by atoms with Crippen LogP contribution in [0.4, 0.5) is 0 Å². The lowest BCUT2D eigenvalue weighted by molar-refractivity contribution is 0.540. The Bertz CT molecular complexity index is 869. The zero-order chi connectivity index (χ0) is 16.8. The molecule has 0 aliphatic heterocycles. The van der Waals surface area contributed by atoms with E-state index in [-0.39, 0.29) is 0 Å². The Kier molecular flexibility index (Phi) is 5.04. The van der Waals surface area contributed by atoms with E-state index in [0.29, 0.717) is 12.5 Å². The van der Waals surface area contributed by atoms with Crippen molar-refractivity contribution >= 4 is 10.9 Å². The molecule has 5 heteroatoms. The molecule has 3 aromatic rings. The smallest absolute Gasteiger partial charge is 0.0705 e. The standard InChI is InChI=1S/C19H19N5/c1-14(13-22-24-20)2-5-18-6-3-17-12-16(4-7-19(17)23-18)15-8-10-21-11-9-15/h3-4,6-12,14H,2,5,13H2,1H3. The number of hydrogen-bond donors (Lipinski definition) is 0. The van der Waals surface area contributed by atoms with Gasteiger partial charge in [-0.15, -0.1) is 0 Å². The number of aromatic nitrogens is 2. The molecule has 1 unspecified atom stereocenters. The number of hydrogen-bond acceptors (Lipinski definition) is 3. The van der Waals surface area contributed by atoms with Gasteiger partial charge in [0.2, 0.25) is 0 Å². The van der Waals surface area contributed by atoms with E-state index in [1.54, 1.807) is 12.4 Å². The second kappa shape index (κ2) is 7.57. The summed E-state index contributed by atoms with van der Waals surface area (Å²) in [5.74, 6) is 0.368. The van der Waals surface area contributed by atoms with Crippen molar-refractivity contribution < 1.29 is 0 Å². The Morgan fingerprint density at radius 2 is 1.92 bits per heavy atom. The second-order valence-corrected chi connectivity index (χ2v) is 6.00. The Morgan fingerprint density at radius 3 is 2.71 bits per heavy atom. The second-order valence-electron chi connectivity index (χ2n) is 6.00. The third-order valence-corrected chi connectivity index (χ3v) is 4.11. The van der Waals surface area contributed by atoms with Crippen molar-refractivity contribution in [2.45, 2.75) is 19.8 Å². The molecule has 5 nitrogen and oxygen atoms in total. The van der Waals surface area contributed by atoms with Crippen LogP contribution in [-0.2, 0) is 6.42 Å². The van der Waals surface area contributed by atoms with E-state index in [9.17, 15) is 0 Å². The van der Waals surface area contributed by atoms with Gasteiger partial charge >= 0.3 is 0 Å². The lowest BCUT2D eigenvalue weighted by atomic mass is 10.0.